The number of anilines is 1. The molecule has 0 saturated carbocycles. The number of aromatic nitrogens is 1. The highest BCUT2D eigenvalue weighted by molar-refractivity contribution is 7.09. The molecule has 1 aromatic heterocycles. The zero-order chi connectivity index (χ0) is 13.0. The fourth-order valence-electron chi connectivity index (χ4n) is 1.77. The van der Waals surface area contributed by atoms with Gasteiger partial charge in [-0.05, 0) is 38.5 Å². The van der Waals surface area contributed by atoms with Crippen molar-refractivity contribution in [2.24, 2.45) is 0 Å². The van der Waals surface area contributed by atoms with Crippen molar-refractivity contribution in [3.63, 3.8) is 0 Å². The number of ether oxygens (including phenoxy) is 1. The molecule has 1 N–H and O–H groups in total. The summed E-state index contributed by atoms with van der Waals surface area (Å²) in [5.41, 5.74) is 2.22. The zero-order valence-electron chi connectivity index (χ0n) is 10.9. The molecule has 1 unspecified atom stereocenters. The number of hydrogen-bond acceptors (Lipinski definition) is 4. The van der Waals surface area contributed by atoms with E-state index in [1.54, 1.807) is 11.3 Å². The van der Waals surface area contributed by atoms with Gasteiger partial charge in [-0.3, -0.25) is 0 Å². The molecule has 18 heavy (non-hydrogen) atoms. The highest BCUT2D eigenvalue weighted by Gasteiger charge is 2.11. The van der Waals surface area contributed by atoms with Gasteiger partial charge in [-0.15, -0.1) is 11.3 Å². The van der Waals surface area contributed by atoms with E-state index in [0.717, 1.165) is 16.4 Å². The van der Waals surface area contributed by atoms with E-state index in [9.17, 15) is 0 Å². The second kappa shape index (κ2) is 5.87. The Hall–Kier alpha value is -1.55. The minimum atomic E-state index is 0.187. The maximum atomic E-state index is 5.66. The van der Waals surface area contributed by atoms with Crippen molar-refractivity contribution in [2.45, 2.75) is 26.8 Å². The number of rotatable bonds is 5. The number of hydrogen-bond donors (Lipinski definition) is 1. The van der Waals surface area contributed by atoms with Crippen LogP contribution in [0.1, 0.15) is 30.5 Å². The van der Waals surface area contributed by atoms with Gasteiger partial charge in [0.2, 0.25) is 0 Å². The number of thiazole rings is 1. The molecule has 0 aliphatic heterocycles. The first-order valence-corrected chi connectivity index (χ1v) is 6.98. The molecule has 1 heterocycles. The largest absolute Gasteiger partial charge is 0.492 e. The SMILES string of the molecule is CCOc1cc(C)ccc1NC(C)c1nccs1. The fraction of sp³-hybridized carbons (Fsp3) is 0.357. The lowest BCUT2D eigenvalue weighted by molar-refractivity contribution is 0.341. The van der Waals surface area contributed by atoms with E-state index < -0.39 is 0 Å². The molecule has 0 aliphatic rings. The fourth-order valence-corrected chi connectivity index (χ4v) is 2.41. The van der Waals surface area contributed by atoms with Crippen molar-refractivity contribution in [3.8, 4) is 5.75 Å². The Balaban J connectivity index is 2.17. The molecular formula is C14H18N2OS. The summed E-state index contributed by atoms with van der Waals surface area (Å²) in [6.07, 6.45) is 1.83. The molecule has 0 amide bonds. The monoisotopic (exact) mass is 262 g/mol. The van der Waals surface area contributed by atoms with Gasteiger partial charge in [0.1, 0.15) is 10.8 Å². The van der Waals surface area contributed by atoms with Crippen molar-refractivity contribution in [2.75, 3.05) is 11.9 Å². The van der Waals surface area contributed by atoms with Crippen LogP contribution in [0.5, 0.6) is 5.75 Å². The Labute approximate surface area is 112 Å². The molecule has 96 valence electrons. The Morgan fingerprint density at radius 3 is 2.94 bits per heavy atom. The lowest BCUT2D eigenvalue weighted by Crippen LogP contribution is -2.08. The summed E-state index contributed by atoms with van der Waals surface area (Å²) in [5.74, 6) is 0.904. The molecule has 0 aliphatic carbocycles. The molecule has 3 nitrogen and oxygen atoms in total. The Morgan fingerprint density at radius 2 is 2.28 bits per heavy atom. The molecule has 1 atom stereocenters. The molecule has 0 fully saturated rings. The van der Waals surface area contributed by atoms with Crippen molar-refractivity contribution in [1.29, 1.82) is 0 Å². The summed E-state index contributed by atoms with van der Waals surface area (Å²) >= 11 is 1.66. The summed E-state index contributed by atoms with van der Waals surface area (Å²) in [6, 6.07) is 6.39. The first kappa shape index (κ1) is 12.9. The number of nitrogens with one attached hydrogen (secondary N) is 1. The van der Waals surface area contributed by atoms with E-state index in [0.29, 0.717) is 6.61 Å². The molecular weight excluding hydrogens is 244 g/mol. The Kier molecular flexibility index (Phi) is 4.20. The topological polar surface area (TPSA) is 34.1 Å². The third-order valence-corrected chi connectivity index (χ3v) is 3.59. The minimum Gasteiger partial charge on any atom is -0.492 e. The average molecular weight is 262 g/mol. The molecule has 0 radical (unpaired) electrons. The summed E-state index contributed by atoms with van der Waals surface area (Å²) in [5, 5.41) is 6.52. The second-order valence-corrected chi connectivity index (χ2v) is 5.10. The van der Waals surface area contributed by atoms with Crippen LogP contribution in [0, 0.1) is 6.92 Å². The number of nitrogens with zero attached hydrogens (tertiary/aromatic N) is 1. The first-order valence-electron chi connectivity index (χ1n) is 6.10. The van der Waals surface area contributed by atoms with Gasteiger partial charge in [0, 0.05) is 11.6 Å². The van der Waals surface area contributed by atoms with E-state index in [2.05, 4.69) is 42.3 Å². The summed E-state index contributed by atoms with van der Waals surface area (Å²) < 4.78 is 5.66. The normalized spacial score (nSPS) is 12.2. The van der Waals surface area contributed by atoms with Crippen LogP contribution in [0.4, 0.5) is 5.69 Å². The van der Waals surface area contributed by atoms with Crippen LogP contribution in [-0.2, 0) is 0 Å². The van der Waals surface area contributed by atoms with E-state index >= 15 is 0 Å². The highest BCUT2D eigenvalue weighted by atomic mass is 32.1. The molecule has 0 spiro atoms. The van der Waals surface area contributed by atoms with Crippen LogP contribution in [0.25, 0.3) is 0 Å². The van der Waals surface area contributed by atoms with Crippen molar-refractivity contribution in [3.05, 3.63) is 40.3 Å². The highest BCUT2D eigenvalue weighted by Crippen LogP contribution is 2.29. The second-order valence-electron chi connectivity index (χ2n) is 4.17. The lowest BCUT2D eigenvalue weighted by Gasteiger charge is -2.17. The Morgan fingerprint density at radius 1 is 1.44 bits per heavy atom. The summed E-state index contributed by atoms with van der Waals surface area (Å²) in [6.45, 7) is 6.84. The third kappa shape index (κ3) is 3.01. The maximum absolute atomic E-state index is 5.66. The molecule has 2 rings (SSSR count). The predicted octanol–water partition coefficient (Wildman–Crippen LogP) is 4.02. The van der Waals surface area contributed by atoms with Crippen LogP contribution in [-0.4, -0.2) is 11.6 Å². The predicted molar refractivity (Wildman–Crippen MR) is 76.5 cm³/mol. The van der Waals surface area contributed by atoms with Crippen LogP contribution in [0.3, 0.4) is 0 Å². The van der Waals surface area contributed by atoms with Gasteiger partial charge < -0.3 is 10.1 Å². The number of aryl methyl sites for hydroxylation is 1. The maximum Gasteiger partial charge on any atom is 0.142 e. The van der Waals surface area contributed by atoms with E-state index in [-0.39, 0.29) is 6.04 Å². The van der Waals surface area contributed by atoms with Crippen LogP contribution < -0.4 is 10.1 Å². The molecule has 0 bridgehead atoms. The standard InChI is InChI=1S/C14H18N2OS/c1-4-17-13-9-10(2)5-6-12(13)16-11(3)14-15-7-8-18-14/h5-9,11,16H,4H2,1-3H3. The minimum absolute atomic E-state index is 0.187. The summed E-state index contributed by atoms with van der Waals surface area (Å²) in [4.78, 5) is 4.32. The average Bonchev–Trinajstić information content (AvgIpc) is 2.86. The molecule has 4 heteroatoms. The summed E-state index contributed by atoms with van der Waals surface area (Å²) in [7, 11) is 0. The van der Waals surface area contributed by atoms with Crippen molar-refractivity contribution in [1.82, 2.24) is 4.98 Å². The van der Waals surface area contributed by atoms with Gasteiger partial charge >= 0.3 is 0 Å². The quantitative estimate of drug-likeness (QED) is 0.883. The molecule has 1 aromatic carbocycles. The van der Waals surface area contributed by atoms with Gasteiger partial charge in [-0.2, -0.15) is 0 Å². The van der Waals surface area contributed by atoms with Gasteiger partial charge in [0.05, 0.1) is 18.3 Å². The van der Waals surface area contributed by atoms with Gasteiger partial charge in [0.25, 0.3) is 0 Å². The lowest BCUT2D eigenvalue weighted by atomic mass is 10.2. The van der Waals surface area contributed by atoms with E-state index in [1.165, 1.54) is 5.56 Å². The van der Waals surface area contributed by atoms with Crippen molar-refractivity contribution < 1.29 is 4.74 Å². The van der Waals surface area contributed by atoms with Crippen LogP contribution >= 0.6 is 11.3 Å². The van der Waals surface area contributed by atoms with Gasteiger partial charge in [-0.1, -0.05) is 6.07 Å². The van der Waals surface area contributed by atoms with Crippen LogP contribution in [0.2, 0.25) is 0 Å². The van der Waals surface area contributed by atoms with Crippen molar-refractivity contribution >= 4 is 17.0 Å². The number of benzene rings is 1. The molecule has 0 saturated heterocycles. The third-order valence-electron chi connectivity index (χ3n) is 2.63. The smallest absolute Gasteiger partial charge is 0.142 e. The van der Waals surface area contributed by atoms with E-state index in [1.807, 2.05) is 18.5 Å². The zero-order valence-corrected chi connectivity index (χ0v) is 11.8. The van der Waals surface area contributed by atoms with Gasteiger partial charge in [-0.25, -0.2) is 4.98 Å². The first-order chi connectivity index (χ1) is 8.70. The van der Waals surface area contributed by atoms with E-state index in [4.69, 9.17) is 4.74 Å². The molecule has 2 aromatic rings. The van der Waals surface area contributed by atoms with Crippen LogP contribution in [0.15, 0.2) is 29.8 Å². The van der Waals surface area contributed by atoms with Gasteiger partial charge in [0.15, 0.2) is 0 Å². The Bertz CT molecular complexity index is 497.